The van der Waals surface area contributed by atoms with E-state index in [1.165, 1.54) is 0 Å². The van der Waals surface area contributed by atoms with Crippen molar-refractivity contribution in [1.29, 1.82) is 0 Å². The van der Waals surface area contributed by atoms with E-state index in [4.69, 9.17) is 23.2 Å². The van der Waals surface area contributed by atoms with Crippen LogP contribution in [0.15, 0.2) is 59.8 Å². The zero-order chi connectivity index (χ0) is 18.7. The fraction of sp³-hybridized carbons (Fsp3) is 0.111. The number of rotatable bonds is 4. The normalized spacial score (nSPS) is 11.6. The smallest absolute Gasteiger partial charge is 0.222 e. The van der Waals surface area contributed by atoms with E-state index in [1.54, 1.807) is 36.4 Å². The molecule has 0 saturated carbocycles. The maximum atomic E-state index is 13.2. The quantitative estimate of drug-likeness (QED) is 0.348. The summed E-state index contributed by atoms with van der Waals surface area (Å²) in [5, 5.41) is 1.07. The van der Waals surface area contributed by atoms with Crippen LogP contribution >= 0.6 is 35.0 Å². The van der Waals surface area contributed by atoms with Crippen molar-refractivity contribution in [3.8, 4) is 11.3 Å². The molecular formula is C18H11Cl2F3N2S. The highest BCUT2D eigenvalue weighted by atomic mass is 35.5. The van der Waals surface area contributed by atoms with Crippen LogP contribution in [0.25, 0.3) is 11.3 Å². The third-order valence-corrected chi connectivity index (χ3v) is 4.97. The number of aromatic nitrogens is 2. The summed E-state index contributed by atoms with van der Waals surface area (Å²) in [5.74, 6) is 0.362. The van der Waals surface area contributed by atoms with Crippen LogP contribution < -0.4 is 0 Å². The van der Waals surface area contributed by atoms with E-state index in [9.17, 15) is 13.2 Å². The number of hydrogen-bond acceptors (Lipinski definition) is 3. The van der Waals surface area contributed by atoms with E-state index in [-0.39, 0.29) is 10.9 Å². The molecule has 0 bridgehead atoms. The van der Waals surface area contributed by atoms with Crippen LogP contribution in [0.1, 0.15) is 11.3 Å². The van der Waals surface area contributed by atoms with E-state index in [1.807, 2.05) is 12.1 Å². The van der Waals surface area contributed by atoms with Gasteiger partial charge in [-0.05, 0) is 29.8 Å². The summed E-state index contributed by atoms with van der Waals surface area (Å²) in [6.07, 6.45) is -4.57. The number of nitrogens with zero attached hydrogens (tertiary/aromatic N) is 2. The molecule has 0 aliphatic heterocycles. The van der Waals surface area contributed by atoms with Gasteiger partial charge in [0.05, 0.1) is 5.69 Å². The number of hydrogen-bond donors (Lipinski definition) is 0. The van der Waals surface area contributed by atoms with Crippen molar-refractivity contribution in [2.45, 2.75) is 17.1 Å². The first-order valence-electron chi connectivity index (χ1n) is 7.41. The largest absolute Gasteiger partial charge is 0.433 e. The Labute approximate surface area is 162 Å². The van der Waals surface area contributed by atoms with Crippen molar-refractivity contribution in [2.75, 3.05) is 0 Å². The molecule has 1 heterocycles. The molecule has 0 spiro atoms. The Bertz CT molecular complexity index is 915. The molecule has 3 aromatic rings. The lowest BCUT2D eigenvalue weighted by molar-refractivity contribution is -0.141. The average molecular weight is 415 g/mol. The summed E-state index contributed by atoms with van der Waals surface area (Å²) in [6.45, 7) is 0. The zero-order valence-corrected chi connectivity index (χ0v) is 15.4. The fourth-order valence-electron chi connectivity index (χ4n) is 2.16. The van der Waals surface area contributed by atoms with Crippen LogP contribution in [-0.2, 0) is 11.9 Å². The highest BCUT2D eigenvalue weighted by molar-refractivity contribution is 7.98. The maximum absolute atomic E-state index is 13.2. The van der Waals surface area contributed by atoms with Crippen molar-refractivity contribution >= 4 is 35.0 Å². The van der Waals surface area contributed by atoms with Crippen molar-refractivity contribution in [3.63, 3.8) is 0 Å². The zero-order valence-electron chi connectivity index (χ0n) is 13.1. The first-order valence-corrected chi connectivity index (χ1v) is 9.15. The van der Waals surface area contributed by atoms with Gasteiger partial charge in [0.2, 0.25) is 0 Å². The van der Waals surface area contributed by atoms with Gasteiger partial charge in [0.25, 0.3) is 0 Å². The number of halogens is 5. The summed E-state index contributed by atoms with van der Waals surface area (Å²) < 4.78 is 39.6. The van der Waals surface area contributed by atoms with Crippen molar-refractivity contribution in [1.82, 2.24) is 9.97 Å². The molecule has 0 aliphatic carbocycles. The number of benzene rings is 2. The summed E-state index contributed by atoms with van der Waals surface area (Å²) in [4.78, 5) is 7.91. The highest BCUT2D eigenvalue weighted by Crippen LogP contribution is 2.33. The third-order valence-electron chi connectivity index (χ3n) is 3.45. The first-order chi connectivity index (χ1) is 12.3. The van der Waals surface area contributed by atoms with Gasteiger partial charge in [0, 0.05) is 21.4 Å². The molecule has 1 aromatic heterocycles. The molecule has 0 unspecified atom stereocenters. The monoisotopic (exact) mass is 414 g/mol. The Hall–Kier alpha value is -1.76. The lowest BCUT2D eigenvalue weighted by Crippen LogP contribution is -2.10. The van der Waals surface area contributed by atoms with Crippen LogP contribution in [0, 0.1) is 0 Å². The standard InChI is InChI=1S/C18H11Cl2F3N2S/c19-13-7-5-11(6-8-13)15-9-16(18(21,22)23)25-17(24-15)26-10-12-3-1-2-4-14(12)20/h1-9H,10H2. The van der Waals surface area contributed by atoms with Gasteiger partial charge in [-0.3, -0.25) is 0 Å². The SMILES string of the molecule is FC(F)(F)c1cc(-c2ccc(Cl)cc2)nc(SCc2ccccc2Cl)n1. The Kier molecular flexibility index (Phi) is 5.75. The van der Waals surface area contributed by atoms with Crippen LogP contribution in [0.4, 0.5) is 13.2 Å². The van der Waals surface area contributed by atoms with Crippen molar-refractivity contribution in [2.24, 2.45) is 0 Å². The molecule has 2 nitrogen and oxygen atoms in total. The predicted molar refractivity (Wildman–Crippen MR) is 98.5 cm³/mol. The van der Waals surface area contributed by atoms with Gasteiger partial charge in [0.1, 0.15) is 5.69 Å². The molecule has 0 atom stereocenters. The molecule has 0 N–H and O–H groups in total. The third kappa shape index (κ3) is 4.69. The number of alkyl halides is 3. The molecule has 26 heavy (non-hydrogen) atoms. The van der Waals surface area contributed by atoms with Gasteiger partial charge in [0.15, 0.2) is 5.16 Å². The summed E-state index contributed by atoms with van der Waals surface area (Å²) >= 11 is 13.0. The second-order valence-electron chi connectivity index (χ2n) is 5.31. The lowest BCUT2D eigenvalue weighted by Gasteiger charge is -2.11. The Morgan fingerprint density at radius 1 is 0.923 bits per heavy atom. The fourth-order valence-corrected chi connectivity index (χ4v) is 3.43. The molecular weight excluding hydrogens is 404 g/mol. The van der Waals surface area contributed by atoms with Gasteiger partial charge in [-0.1, -0.05) is 65.3 Å². The van der Waals surface area contributed by atoms with E-state index in [0.717, 1.165) is 23.4 Å². The average Bonchev–Trinajstić information content (AvgIpc) is 2.61. The van der Waals surface area contributed by atoms with E-state index in [0.29, 0.717) is 21.4 Å². The minimum Gasteiger partial charge on any atom is -0.222 e. The second kappa shape index (κ2) is 7.86. The molecule has 0 saturated heterocycles. The second-order valence-corrected chi connectivity index (χ2v) is 7.09. The van der Waals surface area contributed by atoms with Crippen molar-refractivity contribution in [3.05, 3.63) is 75.9 Å². The first kappa shape index (κ1) is 19.0. The van der Waals surface area contributed by atoms with Gasteiger partial charge in [-0.15, -0.1) is 0 Å². The van der Waals surface area contributed by atoms with Gasteiger partial charge < -0.3 is 0 Å². The molecule has 2 aromatic carbocycles. The van der Waals surface area contributed by atoms with E-state index >= 15 is 0 Å². The van der Waals surface area contributed by atoms with Crippen LogP contribution in [0.3, 0.4) is 0 Å². The molecule has 0 fully saturated rings. The summed E-state index contributed by atoms with van der Waals surface area (Å²) in [5.41, 5.74) is 0.528. The van der Waals surface area contributed by atoms with Crippen LogP contribution in [0.2, 0.25) is 10.0 Å². The Balaban J connectivity index is 1.95. The molecule has 3 rings (SSSR count). The summed E-state index contributed by atoms with van der Waals surface area (Å²) in [7, 11) is 0. The minimum atomic E-state index is -4.57. The molecule has 0 radical (unpaired) electrons. The Morgan fingerprint density at radius 3 is 2.27 bits per heavy atom. The highest BCUT2D eigenvalue weighted by Gasteiger charge is 2.33. The van der Waals surface area contributed by atoms with E-state index < -0.39 is 11.9 Å². The van der Waals surface area contributed by atoms with Gasteiger partial charge in [-0.25, -0.2) is 9.97 Å². The van der Waals surface area contributed by atoms with Crippen LogP contribution in [0.5, 0.6) is 0 Å². The minimum absolute atomic E-state index is 0.0321. The van der Waals surface area contributed by atoms with Crippen LogP contribution in [-0.4, -0.2) is 9.97 Å². The lowest BCUT2D eigenvalue weighted by atomic mass is 10.1. The van der Waals surface area contributed by atoms with Gasteiger partial charge in [-0.2, -0.15) is 13.2 Å². The van der Waals surface area contributed by atoms with E-state index in [2.05, 4.69) is 9.97 Å². The summed E-state index contributed by atoms with van der Waals surface area (Å²) in [6, 6.07) is 14.5. The molecule has 0 amide bonds. The molecule has 8 heteroatoms. The predicted octanol–water partition coefficient (Wildman–Crippen LogP) is 6.76. The Morgan fingerprint density at radius 2 is 1.62 bits per heavy atom. The topological polar surface area (TPSA) is 25.8 Å². The number of thioether (sulfide) groups is 1. The molecule has 0 aliphatic rings. The maximum Gasteiger partial charge on any atom is 0.433 e. The van der Waals surface area contributed by atoms with Crippen molar-refractivity contribution < 1.29 is 13.2 Å². The molecule has 134 valence electrons. The van der Waals surface area contributed by atoms with Gasteiger partial charge >= 0.3 is 6.18 Å².